The van der Waals surface area contributed by atoms with Gasteiger partial charge < -0.3 is 30.0 Å². The molecule has 0 aliphatic heterocycles. The van der Waals surface area contributed by atoms with Crippen LogP contribution in [0.4, 0.5) is 0 Å². The molecular weight excluding hydrogens is 312 g/mol. The molecule has 7 heteroatoms. The number of hydrogen-bond donors (Lipinski definition) is 3. The van der Waals surface area contributed by atoms with E-state index in [0.717, 1.165) is 64.6 Å². The Bertz CT molecular complexity index is 290. The van der Waals surface area contributed by atoms with Gasteiger partial charge in [-0.3, -0.25) is 4.79 Å². The number of rotatable bonds is 20. The number of carbonyl (C=O) groups excluding carboxylic acids is 1. The van der Waals surface area contributed by atoms with Crippen LogP contribution >= 0.6 is 0 Å². The van der Waals surface area contributed by atoms with E-state index in [4.69, 9.17) is 14.6 Å². The Morgan fingerprint density at radius 3 is 2.17 bits per heavy atom. The van der Waals surface area contributed by atoms with Gasteiger partial charge in [0, 0.05) is 32.7 Å². The zero-order chi connectivity index (χ0) is 17.7. The third kappa shape index (κ3) is 21.0. The van der Waals surface area contributed by atoms with Crippen LogP contribution in [0.25, 0.3) is 0 Å². The van der Waals surface area contributed by atoms with Gasteiger partial charge in [0.05, 0.1) is 13.2 Å². The number of carbonyl (C=O) groups is 2. The zero-order valence-corrected chi connectivity index (χ0v) is 14.8. The summed E-state index contributed by atoms with van der Waals surface area (Å²) in [4.78, 5) is 20.4. The molecule has 0 fully saturated rings. The fourth-order valence-electron chi connectivity index (χ4n) is 2.15. The molecule has 0 atom stereocenters. The topological polar surface area (TPSA) is 96.9 Å². The van der Waals surface area contributed by atoms with Gasteiger partial charge in [-0.2, -0.15) is 0 Å². The summed E-state index contributed by atoms with van der Waals surface area (Å²) in [5.74, 6) is -0.697. The summed E-state index contributed by atoms with van der Waals surface area (Å²) >= 11 is 0. The molecule has 0 aliphatic carbocycles. The van der Waals surface area contributed by atoms with Gasteiger partial charge in [-0.15, -0.1) is 0 Å². The molecule has 0 unspecified atom stereocenters. The highest BCUT2D eigenvalue weighted by Crippen LogP contribution is 2.08. The molecule has 0 aliphatic rings. The Kier molecular flexibility index (Phi) is 19.2. The van der Waals surface area contributed by atoms with Crippen molar-refractivity contribution in [3.8, 4) is 0 Å². The molecule has 7 nitrogen and oxygen atoms in total. The standard InChI is InChI=1S/C17H34N2O5/c20-13-11-18-9-10-19-12-15-24-16-23-14-7-5-3-1-2-4-6-8-17(21)22/h13,18-19H,1-12,14-16H2,(H,21,22). The van der Waals surface area contributed by atoms with E-state index in [1.807, 2.05) is 0 Å². The maximum Gasteiger partial charge on any atom is 0.303 e. The van der Waals surface area contributed by atoms with Crippen LogP contribution in [0.5, 0.6) is 0 Å². The lowest BCUT2D eigenvalue weighted by atomic mass is 10.1. The number of carboxylic acid groups (broad SMARTS) is 1. The van der Waals surface area contributed by atoms with Crippen molar-refractivity contribution in [2.24, 2.45) is 0 Å². The fraction of sp³-hybridized carbons (Fsp3) is 0.882. The summed E-state index contributed by atoms with van der Waals surface area (Å²) in [6, 6.07) is 0. The monoisotopic (exact) mass is 346 g/mol. The molecule has 3 N–H and O–H groups in total. The first-order valence-electron chi connectivity index (χ1n) is 8.99. The normalized spacial score (nSPS) is 10.8. The smallest absolute Gasteiger partial charge is 0.303 e. The van der Waals surface area contributed by atoms with Crippen LogP contribution < -0.4 is 10.6 Å². The summed E-state index contributed by atoms with van der Waals surface area (Å²) in [5, 5.41) is 14.7. The Hall–Kier alpha value is -1.02. The van der Waals surface area contributed by atoms with Gasteiger partial charge in [0.25, 0.3) is 0 Å². The minimum Gasteiger partial charge on any atom is -0.481 e. The number of carboxylic acids is 1. The summed E-state index contributed by atoms with van der Waals surface area (Å²) < 4.78 is 10.7. The predicted molar refractivity (Wildman–Crippen MR) is 93.1 cm³/mol. The van der Waals surface area contributed by atoms with Crippen LogP contribution in [-0.4, -0.2) is 63.5 Å². The van der Waals surface area contributed by atoms with Gasteiger partial charge in [-0.25, -0.2) is 0 Å². The second-order valence-corrected chi connectivity index (χ2v) is 5.67. The van der Waals surface area contributed by atoms with Gasteiger partial charge >= 0.3 is 5.97 Å². The lowest BCUT2D eigenvalue weighted by Gasteiger charge is -2.07. The first-order chi connectivity index (χ1) is 11.8. The van der Waals surface area contributed by atoms with Gasteiger partial charge in [-0.05, 0) is 12.8 Å². The van der Waals surface area contributed by atoms with Crippen molar-refractivity contribution in [1.82, 2.24) is 10.6 Å². The Balaban J connectivity index is 2.98. The van der Waals surface area contributed by atoms with E-state index in [9.17, 15) is 9.59 Å². The molecule has 0 saturated heterocycles. The molecule has 0 aromatic rings. The van der Waals surface area contributed by atoms with Crippen LogP contribution in [0.15, 0.2) is 0 Å². The number of aldehydes is 1. The lowest BCUT2D eigenvalue weighted by Crippen LogP contribution is -2.30. The Morgan fingerprint density at radius 1 is 0.833 bits per heavy atom. The molecule has 0 rings (SSSR count). The van der Waals surface area contributed by atoms with E-state index in [1.165, 1.54) is 12.8 Å². The molecule has 24 heavy (non-hydrogen) atoms. The molecule has 0 amide bonds. The van der Waals surface area contributed by atoms with E-state index in [1.54, 1.807) is 0 Å². The molecule has 0 bridgehead atoms. The van der Waals surface area contributed by atoms with Crippen molar-refractivity contribution >= 4 is 12.3 Å². The Labute approximate surface area is 145 Å². The minimum atomic E-state index is -0.697. The van der Waals surface area contributed by atoms with Crippen LogP contribution in [0.3, 0.4) is 0 Å². The number of hydrogen-bond acceptors (Lipinski definition) is 6. The highest BCUT2D eigenvalue weighted by Gasteiger charge is 1.97. The van der Waals surface area contributed by atoms with Gasteiger partial charge in [0.1, 0.15) is 13.1 Å². The average Bonchev–Trinajstić information content (AvgIpc) is 2.56. The largest absolute Gasteiger partial charge is 0.481 e. The zero-order valence-electron chi connectivity index (χ0n) is 14.8. The third-order valence-electron chi connectivity index (χ3n) is 3.48. The maximum absolute atomic E-state index is 10.3. The number of unbranched alkanes of at least 4 members (excludes halogenated alkanes) is 6. The van der Waals surface area contributed by atoms with Gasteiger partial charge in [-0.1, -0.05) is 32.1 Å². The van der Waals surface area contributed by atoms with Crippen molar-refractivity contribution in [2.45, 2.75) is 51.4 Å². The SMILES string of the molecule is O=CCNCCNCCOCOCCCCCCCCCC(=O)O. The summed E-state index contributed by atoms with van der Waals surface area (Å²) in [7, 11) is 0. The molecule has 142 valence electrons. The van der Waals surface area contributed by atoms with E-state index < -0.39 is 5.97 Å². The molecule has 0 aromatic carbocycles. The minimum absolute atomic E-state index is 0.292. The van der Waals surface area contributed by atoms with Crippen LogP contribution in [0.1, 0.15) is 51.4 Å². The average molecular weight is 346 g/mol. The third-order valence-corrected chi connectivity index (χ3v) is 3.48. The van der Waals surface area contributed by atoms with Gasteiger partial charge in [0.15, 0.2) is 0 Å². The van der Waals surface area contributed by atoms with Crippen LogP contribution in [-0.2, 0) is 19.1 Å². The van der Waals surface area contributed by atoms with Crippen molar-refractivity contribution < 1.29 is 24.2 Å². The van der Waals surface area contributed by atoms with E-state index >= 15 is 0 Å². The van der Waals surface area contributed by atoms with E-state index in [0.29, 0.717) is 26.4 Å². The number of ether oxygens (including phenoxy) is 2. The summed E-state index contributed by atoms with van der Waals surface area (Å²) in [6.07, 6.45) is 8.60. The highest BCUT2D eigenvalue weighted by atomic mass is 16.7. The maximum atomic E-state index is 10.3. The summed E-state index contributed by atoms with van der Waals surface area (Å²) in [6.45, 7) is 4.43. The predicted octanol–water partition coefficient (Wildman–Crippen LogP) is 1.56. The van der Waals surface area contributed by atoms with E-state index in [2.05, 4.69) is 10.6 Å². The van der Waals surface area contributed by atoms with Crippen molar-refractivity contribution in [3.63, 3.8) is 0 Å². The fourth-order valence-corrected chi connectivity index (χ4v) is 2.15. The Morgan fingerprint density at radius 2 is 1.46 bits per heavy atom. The van der Waals surface area contributed by atoms with Gasteiger partial charge in [0.2, 0.25) is 0 Å². The number of aliphatic carboxylic acids is 1. The molecule has 0 radical (unpaired) electrons. The van der Waals surface area contributed by atoms with Crippen LogP contribution in [0, 0.1) is 0 Å². The van der Waals surface area contributed by atoms with E-state index in [-0.39, 0.29) is 0 Å². The first kappa shape index (κ1) is 23.0. The molecule has 0 saturated carbocycles. The quantitative estimate of drug-likeness (QED) is 0.175. The number of nitrogens with one attached hydrogen (secondary N) is 2. The van der Waals surface area contributed by atoms with Crippen molar-refractivity contribution in [1.29, 1.82) is 0 Å². The molecule has 0 spiro atoms. The second-order valence-electron chi connectivity index (χ2n) is 5.67. The molecule has 0 aromatic heterocycles. The second kappa shape index (κ2) is 20.0. The lowest BCUT2D eigenvalue weighted by molar-refractivity contribution is -0.137. The molecular formula is C17H34N2O5. The summed E-state index contributed by atoms with van der Waals surface area (Å²) in [5.41, 5.74) is 0. The first-order valence-corrected chi connectivity index (χ1v) is 8.99. The van der Waals surface area contributed by atoms with Crippen molar-refractivity contribution in [3.05, 3.63) is 0 Å². The highest BCUT2D eigenvalue weighted by molar-refractivity contribution is 5.66. The molecule has 0 heterocycles. The van der Waals surface area contributed by atoms with Crippen LogP contribution in [0.2, 0.25) is 0 Å². The van der Waals surface area contributed by atoms with Crippen molar-refractivity contribution in [2.75, 3.05) is 46.2 Å².